The van der Waals surface area contributed by atoms with E-state index in [0.717, 1.165) is 16.7 Å². The minimum absolute atomic E-state index is 0.0106. The summed E-state index contributed by atoms with van der Waals surface area (Å²) in [6, 6.07) is 25.1. The molecule has 3 aromatic carbocycles. The van der Waals surface area contributed by atoms with Crippen LogP contribution in [-0.4, -0.2) is 44.0 Å². The predicted octanol–water partition coefficient (Wildman–Crippen LogP) is 3.80. The van der Waals surface area contributed by atoms with Gasteiger partial charge >= 0.3 is 0 Å². The van der Waals surface area contributed by atoms with Crippen LogP contribution in [0.4, 0.5) is 0 Å². The fourth-order valence-corrected chi connectivity index (χ4v) is 4.52. The Labute approximate surface area is 200 Å². The van der Waals surface area contributed by atoms with E-state index in [-0.39, 0.29) is 17.7 Å². The molecular weight excluding hydrogens is 428 g/mol. The van der Waals surface area contributed by atoms with E-state index in [4.69, 9.17) is 9.47 Å². The average molecular weight is 459 g/mol. The largest absolute Gasteiger partial charge is 0.497 e. The minimum atomic E-state index is -0.399. The number of methoxy groups -OCH3 is 2. The van der Waals surface area contributed by atoms with Crippen LogP contribution in [-0.2, 0) is 22.6 Å². The van der Waals surface area contributed by atoms with Crippen molar-refractivity contribution in [2.75, 3.05) is 27.3 Å². The molecule has 1 heterocycles. The van der Waals surface area contributed by atoms with E-state index < -0.39 is 5.92 Å². The van der Waals surface area contributed by atoms with Crippen molar-refractivity contribution in [3.05, 3.63) is 95.6 Å². The zero-order valence-corrected chi connectivity index (χ0v) is 19.6. The van der Waals surface area contributed by atoms with Crippen molar-refractivity contribution in [2.24, 2.45) is 5.92 Å². The van der Waals surface area contributed by atoms with E-state index in [1.807, 2.05) is 78.9 Å². The van der Waals surface area contributed by atoms with Crippen LogP contribution in [0.2, 0.25) is 0 Å². The summed E-state index contributed by atoms with van der Waals surface area (Å²) in [6.07, 6.45) is 0.307. The lowest BCUT2D eigenvalue weighted by atomic mass is 9.87. The normalized spacial score (nSPS) is 17.3. The maximum atomic E-state index is 13.4. The van der Waals surface area contributed by atoms with Gasteiger partial charge in [-0.15, -0.1) is 0 Å². The zero-order valence-electron chi connectivity index (χ0n) is 19.6. The number of carbonyl (C=O) groups excluding carboxylic acids is 2. The smallest absolute Gasteiger partial charge is 0.227 e. The summed E-state index contributed by atoms with van der Waals surface area (Å²) in [4.78, 5) is 28.3. The first-order chi connectivity index (χ1) is 16.6. The molecule has 1 saturated heterocycles. The van der Waals surface area contributed by atoms with Crippen molar-refractivity contribution in [1.29, 1.82) is 0 Å². The Morgan fingerprint density at radius 1 is 0.882 bits per heavy atom. The monoisotopic (exact) mass is 458 g/mol. The molecule has 4 rings (SSSR count). The first kappa shape index (κ1) is 23.4. The Kier molecular flexibility index (Phi) is 7.48. The van der Waals surface area contributed by atoms with Gasteiger partial charge in [0.15, 0.2) is 0 Å². The summed E-state index contributed by atoms with van der Waals surface area (Å²) in [5.41, 5.74) is 2.86. The van der Waals surface area contributed by atoms with E-state index in [9.17, 15) is 9.59 Å². The number of benzene rings is 3. The molecule has 0 saturated carbocycles. The molecule has 1 fully saturated rings. The van der Waals surface area contributed by atoms with Crippen LogP contribution in [0.1, 0.15) is 22.6 Å². The first-order valence-electron chi connectivity index (χ1n) is 11.4. The molecule has 0 aliphatic carbocycles. The number of ether oxygens (including phenoxy) is 2. The van der Waals surface area contributed by atoms with Gasteiger partial charge in [-0.05, 0) is 29.3 Å². The van der Waals surface area contributed by atoms with Crippen LogP contribution in [0.5, 0.6) is 11.5 Å². The molecule has 176 valence electrons. The number of carbonyl (C=O) groups is 2. The number of hydrogen-bond donors (Lipinski definition) is 1. The third-order valence-corrected chi connectivity index (χ3v) is 6.35. The molecule has 2 amide bonds. The minimum Gasteiger partial charge on any atom is -0.497 e. The fourth-order valence-electron chi connectivity index (χ4n) is 4.52. The summed E-state index contributed by atoms with van der Waals surface area (Å²) < 4.78 is 11.0. The molecule has 0 unspecified atom stereocenters. The maximum Gasteiger partial charge on any atom is 0.227 e. The van der Waals surface area contributed by atoms with E-state index in [1.165, 1.54) is 0 Å². The van der Waals surface area contributed by atoms with Crippen molar-refractivity contribution in [1.82, 2.24) is 10.2 Å². The molecule has 6 nitrogen and oxygen atoms in total. The molecule has 6 heteroatoms. The van der Waals surface area contributed by atoms with Gasteiger partial charge < -0.3 is 19.7 Å². The van der Waals surface area contributed by atoms with Gasteiger partial charge in [-0.25, -0.2) is 0 Å². The van der Waals surface area contributed by atoms with E-state index in [1.54, 1.807) is 19.1 Å². The van der Waals surface area contributed by atoms with Gasteiger partial charge in [-0.3, -0.25) is 9.59 Å². The lowest BCUT2D eigenvalue weighted by molar-refractivity contribution is -0.130. The first-order valence-corrected chi connectivity index (χ1v) is 11.4. The highest BCUT2D eigenvalue weighted by Crippen LogP contribution is 2.39. The molecule has 1 N–H and O–H groups in total. The second-order valence-corrected chi connectivity index (χ2v) is 8.49. The van der Waals surface area contributed by atoms with Crippen LogP contribution < -0.4 is 14.8 Å². The molecule has 0 bridgehead atoms. The van der Waals surface area contributed by atoms with Crippen LogP contribution in [0.15, 0.2) is 78.9 Å². The van der Waals surface area contributed by atoms with Crippen molar-refractivity contribution in [3.63, 3.8) is 0 Å². The van der Waals surface area contributed by atoms with Crippen molar-refractivity contribution in [2.45, 2.75) is 18.9 Å². The zero-order chi connectivity index (χ0) is 23.9. The van der Waals surface area contributed by atoms with E-state index in [2.05, 4.69) is 5.32 Å². The second-order valence-electron chi connectivity index (χ2n) is 8.49. The molecule has 34 heavy (non-hydrogen) atoms. The molecule has 1 aliphatic rings. The van der Waals surface area contributed by atoms with Gasteiger partial charge in [0.05, 0.1) is 26.6 Å². The Balaban J connectivity index is 1.58. The predicted molar refractivity (Wildman–Crippen MR) is 131 cm³/mol. The lowest BCUT2D eigenvalue weighted by Gasteiger charge is -2.21. The highest BCUT2D eigenvalue weighted by molar-refractivity contribution is 5.84. The van der Waals surface area contributed by atoms with Gasteiger partial charge in [0.25, 0.3) is 0 Å². The Morgan fingerprint density at radius 2 is 1.56 bits per heavy atom. The summed E-state index contributed by atoms with van der Waals surface area (Å²) in [6.45, 7) is 1.24. The maximum absolute atomic E-state index is 13.4. The third kappa shape index (κ3) is 5.39. The summed E-state index contributed by atoms with van der Waals surface area (Å²) in [7, 11) is 3.23. The van der Waals surface area contributed by atoms with Crippen LogP contribution in [0.3, 0.4) is 0 Å². The quantitative estimate of drug-likeness (QED) is 0.558. The highest BCUT2D eigenvalue weighted by Gasteiger charge is 2.41. The standard InChI is InChI=1S/C28H30N2O4/c1-33-22-13-14-26(34-2)23(16-22)24-18-30(27(31)15-20-9-5-3-6-10-20)19-25(24)28(32)29-17-21-11-7-4-8-12-21/h3-14,16,24-25H,15,17-19H2,1-2H3,(H,29,32)/t24-,25+/m0/s1. The van der Waals surface area contributed by atoms with Crippen LogP contribution >= 0.6 is 0 Å². The number of nitrogens with one attached hydrogen (secondary N) is 1. The summed E-state index contributed by atoms with van der Waals surface area (Å²) >= 11 is 0. The van der Waals surface area contributed by atoms with Gasteiger partial charge in [-0.1, -0.05) is 60.7 Å². The van der Waals surface area contributed by atoms with Crippen molar-refractivity contribution < 1.29 is 19.1 Å². The topological polar surface area (TPSA) is 67.9 Å². The van der Waals surface area contributed by atoms with Crippen LogP contribution in [0.25, 0.3) is 0 Å². The van der Waals surface area contributed by atoms with Gasteiger partial charge in [-0.2, -0.15) is 0 Å². The molecule has 3 aromatic rings. The summed E-state index contributed by atoms with van der Waals surface area (Å²) in [5.74, 6) is 0.701. The highest BCUT2D eigenvalue weighted by atomic mass is 16.5. The average Bonchev–Trinajstić information content (AvgIpc) is 3.34. The second kappa shape index (κ2) is 10.9. The molecule has 1 aliphatic heterocycles. The number of nitrogens with zero attached hydrogens (tertiary/aromatic N) is 1. The Morgan fingerprint density at radius 3 is 2.21 bits per heavy atom. The summed E-state index contributed by atoms with van der Waals surface area (Å²) in [5, 5.41) is 3.07. The lowest BCUT2D eigenvalue weighted by Crippen LogP contribution is -2.35. The third-order valence-electron chi connectivity index (χ3n) is 6.35. The van der Waals surface area contributed by atoms with Crippen molar-refractivity contribution >= 4 is 11.8 Å². The Bertz CT molecular complexity index is 1120. The molecule has 0 radical (unpaired) electrons. The Hall–Kier alpha value is -3.80. The van der Waals surface area contributed by atoms with Gasteiger partial charge in [0, 0.05) is 31.1 Å². The number of hydrogen-bond acceptors (Lipinski definition) is 4. The molecular formula is C28H30N2O4. The van der Waals surface area contributed by atoms with E-state index >= 15 is 0 Å². The SMILES string of the molecule is COc1ccc(OC)c([C@@H]2CN(C(=O)Cc3ccccc3)C[C@H]2C(=O)NCc2ccccc2)c1. The number of rotatable bonds is 8. The molecule has 0 aromatic heterocycles. The van der Waals surface area contributed by atoms with Gasteiger partial charge in [0.2, 0.25) is 11.8 Å². The number of likely N-dealkylation sites (tertiary alicyclic amines) is 1. The van der Waals surface area contributed by atoms with E-state index in [0.29, 0.717) is 37.6 Å². The van der Waals surface area contributed by atoms with Gasteiger partial charge in [0.1, 0.15) is 11.5 Å². The molecule has 2 atom stereocenters. The molecule has 0 spiro atoms. The fraction of sp³-hybridized carbons (Fsp3) is 0.286. The number of amides is 2. The van der Waals surface area contributed by atoms with Crippen molar-refractivity contribution in [3.8, 4) is 11.5 Å². The van der Waals surface area contributed by atoms with Crippen LogP contribution in [0, 0.1) is 5.92 Å².